The predicted octanol–water partition coefficient (Wildman–Crippen LogP) is -1.65. The van der Waals surface area contributed by atoms with Crippen LogP contribution < -0.4 is 16.9 Å². The Bertz CT molecular complexity index is 479. The van der Waals surface area contributed by atoms with E-state index in [4.69, 9.17) is 11.5 Å². The molecule has 1 saturated heterocycles. The molecule has 0 radical (unpaired) electrons. The molecule has 0 aromatic carbocycles. The number of hydrazine groups is 1. The van der Waals surface area contributed by atoms with Gasteiger partial charge >= 0.3 is 5.97 Å². The zero-order chi connectivity index (χ0) is 17.4. The molecule has 1 amide bonds. The lowest BCUT2D eigenvalue weighted by molar-refractivity contribution is -0.548. The Labute approximate surface area is 133 Å². The lowest BCUT2D eigenvalue weighted by Gasteiger charge is -2.25. The highest BCUT2D eigenvalue weighted by Gasteiger charge is 2.38. The third-order valence-electron chi connectivity index (χ3n) is 3.51. The average Bonchev–Trinajstić information content (AvgIpc) is 2.97. The number of amides is 1. The summed E-state index contributed by atoms with van der Waals surface area (Å²) in [5.41, 5.74) is 12.4. The summed E-state index contributed by atoms with van der Waals surface area (Å²) in [6, 6.07) is -1.74. The zero-order valence-electron chi connectivity index (χ0n) is 12.9. The number of carbonyl (C=O) groups is 2. The third kappa shape index (κ3) is 5.60. The Morgan fingerprint density at radius 1 is 1.52 bits per heavy atom. The van der Waals surface area contributed by atoms with E-state index in [0.29, 0.717) is 25.8 Å². The van der Waals surface area contributed by atoms with Crippen molar-refractivity contribution in [3.05, 3.63) is 10.1 Å². The van der Waals surface area contributed by atoms with Gasteiger partial charge in [-0.25, -0.2) is 14.9 Å². The van der Waals surface area contributed by atoms with E-state index in [1.165, 1.54) is 12.0 Å². The highest BCUT2D eigenvalue weighted by Crippen LogP contribution is 2.20. The molecule has 1 aliphatic heterocycles. The first kappa shape index (κ1) is 18.5. The smallest absolute Gasteiger partial charge is 0.328 e. The fourth-order valence-corrected chi connectivity index (χ4v) is 2.49. The van der Waals surface area contributed by atoms with Gasteiger partial charge in [-0.15, -0.1) is 5.43 Å². The highest BCUT2D eigenvalue weighted by molar-refractivity contribution is 5.88. The fraction of sp³-hybridized carbons (Fsp3) is 0.750. The molecule has 0 aromatic rings. The lowest BCUT2D eigenvalue weighted by Crippen LogP contribution is -2.51. The molecule has 11 nitrogen and oxygen atoms in total. The first-order chi connectivity index (χ1) is 10.9. The molecule has 0 bridgehead atoms. The highest BCUT2D eigenvalue weighted by atomic mass is 16.7. The molecular weight excluding hydrogens is 308 g/mol. The molecule has 5 N–H and O–H groups in total. The number of carbonyl (C=O) groups excluding carboxylic acids is 2. The van der Waals surface area contributed by atoms with Gasteiger partial charge in [0.05, 0.1) is 7.11 Å². The SMILES string of the molecule is COC(=O)[C@@H]1CCCN1C(=O)[C@H](CCCN=C(N)N)N[N+](=O)[O-]. The number of aliphatic imine (C=N–C) groups is 1. The summed E-state index contributed by atoms with van der Waals surface area (Å²) < 4.78 is 4.67. The molecule has 1 heterocycles. The summed E-state index contributed by atoms with van der Waals surface area (Å²) in [6.07, 6.45) is 1.68. The molecule has 0 unspecified atom stereocenters. The Morgan fingerprint density at radius 2 is 2.22 bits per heavy atom. The topological polar surface area (TPSA) is 166 Å². The second-order valence-corrected chi connectivity index (χ2v) is 5.10. The Kier molecular flexibility index (Phi) is 7.03. The van der Waals surface area contributed by atoms with E-state index in [0.717, 1.165) is 0 Å². The summed E-state index contributed by atoms with van der Waals surface area (Å²) in [6.45, 7) is 0.619. The number of nitrogens with two attached hydrogens (primary N) is 2. The van der Waals surface area contributed by atoms with E-state index in [2.05, 4.69) is 9.73 Å². The van der Waals surface area contributed by atoms with E-state index in [1.807, 2.05) is 5.43 Å². The van der Waals surface area contributed by atoms with Crippen LogP contribution in [0.25, 0.3) is 0 Å². The van der Waals surface area contributed by atoms with Gasteiger partial charge in [-0.05, 0) is 25.7 Å². The minimum Gasteiger partial charge on any atom is -0.467 e. The second kappa shape index (κ2) is 8.76. The number of nitrogens with one attached hydrogen (secondary N) is 1. The number of hydrogen-bond acceptors (Lipinski definition) is 6. The normalized spacial score (nSPS) is 18.1. The number of guanidine groups is 1. The molecule has 0 aliphatic carbocycles. The maximum atomic E-state index is 12.5. The van der Waals surface area contributed by atoms with Crippen LogP contribution in [0.15, 0.2) is 4.99 Å². The number of likely N-dealkylation sites (tertiary alicyclic amines) is 1. The number of nitro groups is 1. The maximum absolute atomic E-state index is 12.5. The summed E-state index contributed by atoms with van der Waals surface area (Å²) >= 11 is 0. The quantitative estimate of drug-likeness (QED) is 0.119. The number of hydrogen-bond donors (Lipinski definition) is 3. The van der Waals surface area contributed by atoms with Crippen molar-refractivity contribution in [2.45, 2.75) is 37.8 Å². The third-order valence-corrected chi connectivity index (χ3v) is 3.51. The summed E-state index contributed by atoms with van der Waals surface area (Å²) in [5, 5.41) is 9.93. The first-order valence-corrected chi connectivity index (χ1v) is 7.21. The summed E-state index contributed by atoms with van der Waals surface area (Å²) in [4.78, 5) is 40.0. The molecule has 0 saturated carbocycles. The average molecular weight is 330 g/mol. The van der Waals surface area contributed by atoms with E-state index >= 15 is 0 Å². The van der Waals surface area contributed by atoms with Crippen LogP contribution in [0.5, 0.6) is 0 Å². The van der Waals surface area contributed by atoms with Crippen LogP contribution >= 0.6 is 0 Å². The van der Waals surface area contributed by atoms with Crippen LogP contribution in [-0.4, -0.2) is 60.1 Å². The van der Waals surface area contributed by atoms with E-state index in [1.54, 1.807) is 0 Å². The molecule has 2 atom stereocenters. The molecule has 1 aliphatic rings. The van der Waals surface area contributed by atoms with Crippen LogP contribution in [0, 0.1) is 10.1 Å². The van der Waals surface area contributed by atoms with Crippen molar-refractivity contribution in [2.75, 3.05) is 20.2 Å². The van der Waals surface area contributed by atoms with Gasteiger partial charge in [-0.1, -0.05) is 0 Å². The van der Waals surface area contributed by atoms with Crippen LogP contribution in [0.4, 0.5) is 0 Å². The van der Waals surface area contributed by atoms with Gasteiger partial charge in [0.2, 0.25) is 0 Å². The van der Waals surface area contributed by atoms with Crippen LogP contribution in [0.1, 0.15) is 25.7 Å². The molecule has 0 spiro atoms. The molecule has 1 fully saturated rings. The van der Waals surface area contributed by atoms with Gasteiger partial charge in [0, 0.05) is 13.1 Å². The number of esters is 1. The van der Waals surface area contributed by atoms with Crippen molar-refractivity contribution in [3.63, 3.8) is 0 Å². The van der Waals surface area contributed by atoms with E-state index < -0.39 is 29.0 Å². The van der Waals surface area contributed by atoms with Crippen LogP contribution in [0.3, 0.4) is 0 Å². The summed E-state index contributed by atoms with van der Waals surface area (Å²) in [7, 11) is 1.24. The zero-order valence-corrected chi connectivity index (χ0v) is 12.9. The van der Waals surface area contributed by atoms with Gasteiger partial charge in [0.15, 0.2) is 17.0 Å². The molecule has 130 valence electrons. The number of nitrogens with zero attached hydrogens (tertiary/aromatic N) is 3. The Hall–Kier alpha value is -2.59. The van der Waals surface area contributed by atoms with Gasteiger partial charge in [-0.2, -0.15) is 0 Å². The lowest BCUT2D eigenvalue weighted by atomic mass is 10.1. The van der Waals surface area contributed by atoms with Crippen LogP contribution in [0.2, 0.25) is 0 Å². The number of methoxy groups -OCH3 is 1. The largest absolute Gasteiger partial charge is 0.467 e. The Balaban J connectivity index is 2.72. The summed E-state index contributed by atoms with van der Waals surface area (Å²) in [5.74, 6) is -1.10. The monoisotopic (exact) mass is 330 g/mol. The molecule has 23 heavy (non-hydrogen) atoms. The maximum Gasteiger partial charge on any atom is 0.328 e. The second-order valence-electron chi connectivity index (χ2n) is 5.10. The van der Waals surface area contributed by atoms with Gasteiger partial charge in [0.25, 0.3) is 5.91 Å². The van der Waals surface area contributed by atoms with Crippen molar-refractivity contribution >= 4 is 17.8 Å². The number of rotatable bonds is 8. The van der Waals surface area contributed by atoms with Gasteiger partial charge < -0.3 is 21.1 Å². The van der Waals surface area contributed by atoms with Crippen molar-refractivity contribution < 1.29 is 19.4 Å². The van der Waals surface area contributed by atoms with Gasteiger partial charge in [-0.3, -0.25) is 9.79 Å². The fourth-order valence-electron chi connectivity index (χ4n) is 2.49. The number of ether oxygens (including phenoxy) is 1. The first-order valence-electron chi connectivity index (χ1n) is 7.21. The van der Waals surface area contributed by atoms with Crippen LogP contribution in [-0.2, 0) is 14.3 Å². The van der Waals surface area contributed by atoms with Crippen molar-refractivity contribution in [1.29, 1.82) is 0 Å². The molecule has 0 aromatic heterocycles. The van der Waals surface area contributed by atoms with E-state index in [9.17, 15) is 19.7 Å². The minimum atomic E-state index is -1.05. The van der Waals surface area contributed by atoms with E-state index in [-0.39, 0.29) is 18.9 Å². The predicted molar refractivity (Wildman–Crippen MR) is 80.6 cm³/mol. The molecule has 11 heteroatoms. The standard InChI is InChI=1S/C12H22N6O5/c1-23-11(20)9-5-3-7-17(9)10(19)8(16-18(21)22)4-2-6-15-12(13)14/h8-9,16H,2-7H2,1H3,(H4,13,14,15)/t8-,9-/m0/s1. The van der Waals surface area contributed by atoms with Crippen molar-refractivity contribution in [1.82, 2.24) is 10.3 Å². The van der Waals surface area contributed by atoms with Crippen molar-refractivity contribution in [2.24, 2.45) is 16.5 Å². The van der Waals surface area contributed by atoms with Gasteiger partial charge in [0.1, 0.15) is 6.04 Å². The molecule has 1 rings (SSSR count). The Morgan fingerprint density at radius 3 is 2.78 bits per heavy atom. The molecular formula is C12H22N6O5. The van der Waals surface area contributed by atoms with Crippen molar-refractivity contribution in [3.8, 4) is 0 Å². The minimum absolute atomic E-state index is 0.0830.